The number of fused-ring (bicyclic) bond motifs is 1. The lowest BCUT2D eigenvalue weighted by atomic mass is 9.12. The summed E-state index contributed by atoms with van der Waals surface area (Å²) in [7, 11) is 0. The number of halogens is 20. The smallest absolute Gasteiger partial charge is 0.264 e. The van der Waals surface area contributed by atoms with Crippen molar-refractivity contribution >= 4 is 38.9 Å². The van der Waals surface area contributed by atoms with Gasteiger partial charge in [-0.3, -0.25) is 4.84 Å². The molecule has 5 aromatic carbocycles. The lowest BCUT2D eigenvalue weighted by molar-refractivity contribution is -0.871. The zero-order valence-corrected chi connectivity index (χ0v) is 32.0. The number of aromatic nitrogens is 1. The summed E-state index contributed by atoms with van der Waals surface area (Å²) in [6.45, 7) is 3.05. The van der Waals surface area contributed by atoms with Crippen LogP contribution in [0.2, 0.25) is 0 Å². The lowest BCUT2D eigenvalue weighted by Gasteiger charge is -2.44. The third-order valence-electron chi connectivity index (χ3n) is 10.1. The first-order chi connectivity index (χ1) is 30.1. The van der Waals surface area contributed by atoms with Crippen LogP contribution in [0.25, 0.3) is 10.9 Å². The number of para-hydroxylation sites is 1. The van der Waals surface area contributed by atoms with Crippen LogP contribution in [-0.2, 0) is 0 Å². The Bertz CT molecular complexity index is 2380. The number of hydrogen-bond donors (Lipinski definition) is 0. The van der Waals surface area contributed by atoms with Crippen LogP contribution in [0.1, 0.15) is 45.4 Å². The zero-order chi connectivity index (χ0) is 47.7. The average Bonchev–Trinajstić information content (AvgIpc) is 3.28. The molecule has 0 saturated heterocycles. The van der Waals surface area contributed by atoms with Crippen LogP contribution in [0.15, 0.2) is 42.6 Å². The summed E-state index contributed by atoms with van der Waals surface area (Å²) in [6.07, 6.45) is 2.53. The number of benzene rings is 5. The van der Waals surface area contributed by atoms with Crippen molar-refractivity contribution in [3.05, 3.63) is 159 Å². The molecule has 6 rings (SSSR count). The van der Waals surface area contributed by atoms with Crippen LogP contribution in [-0.4, -0.2) is 12.8 Å². The highest BCUT2D eigenvalue weighted by molar-refractivity contribution is 7.20. The molecule has 0 radical (unpaired) electrons. The summed E-state index contributed by atoms with van der Waals surface area (Å²) in [6, 6.07) is 12.5. The quantitative estimate of drug-likeness (QED) is 0.0298. The maximum atomic E-state index is 15.4. The van der Waals surface area contributed by atoms with Crippen molar-refractivity contribution in [3.8, 4) is 0 Å². The Morgan fingerprint density at radius 2 is 0.641 bits per heavy atom. The molecule has 0 bridgehead atoms. The molecule has 23 heteroatoms. The highest BCUT2D eigenvalue weighted by atomic mass is 19.2. The van der Waals surface area contributed by atoms with E-state index in [1.54, 1.807) is 0 Å². The molecule has 0 aliphatic rings. The topological polar surface area (TPSA) is 13.1 Å². The van der Waals surface area contributed by atoms with E-state index in [1.165, 1.54) is 37.5 Å². The molecule has 2 nitrogen and oxygen atoms in total. The van der Waals surface area contributed by atoms with E-state index < -0.39 is 144 Å². The summed E-state index contributed by atoms with van der Waals surface area (Å²) in [5.74, 6) is -71.4. The maximum absolute atomic E-state index is 15.4. The molecule has 6 aromatic rings. The summed E-state index contributed by atoms with van der Waals surface area (Å²) < 4.78 is 296. The van der Waals surface area contributed by atoms with Gasteiger partial charge < -0.3 is 0 Å². The van der Waals surface area contributed by atoms with Crippen LogP contribution < -0.4 is 31.4 Å². The minimum Gasteiger partial charge on any atom is -0.271 e. The van der Waals surface area contributed by atoms with Gasteiger partial charge in [0.2, 0.25) is 6.20 Å². The Morgan fingerprint density at radius 1 is 0.359 bits per heavy atom. The molecule has 0 saturated carbocycles. The van der Waals surface area contributed by atoms with Crippen molar-refractivity contribution in [2.24, 2.45) is 0 Å². The molecule has 64 heavy (non-hydrogen) atoms. The Hall–Kier alpha value is -6.03. The molecule has 0 spiro atoms. The van der Waals surface area contributed by atoms with Crippen molar-refractivity contribution < 1.29 is 97.4 Å². The van der Waals surface area contributed by atoms with E-state index in [0.717, 1.165) is 18.5 Å². The molecule has 0 N–H and O–H groups in total. The van der Waals surface area contributed by atoms with E-state index in [4.69, 9.17) is 4.84 Å². The fraction of sp³-hybridized carbons (Fsp3) is 0.195. The van der Waals surface area contributed by atoms with Gasteiger partial charge in [-0.2, -0.15) is 0 Å². The Kier molecular flexibility index (Phi) is 14.8. The largest absolute Gasteiger partial charge is 0.271 e. The second-order valence-corrected chi connectivity index (χ2v) is 13.8. The summed E-state index contributed by atoms with van der Waals surface area (Å²) >= 11 is 0. The van der Waals surface area contributed by atoms with Gasteiger partial charge in [-0.15, -0.1) is 21.9 Å². The molecule has 342 valence electrons. The van der Waals surface area contributed by atoms with Crippen LogP contribution in [0.5, 0.6) is 0 Å². The third kappa shape index (κ3) is 8.16. The molecule has 0 fully saturated rings. The normalized spacial score (nSPS) is 11.6. The van der Waals surface area contributed by atoms with E-state index >= 15 is 35.1 Å². The minimum absolute atomic E-state index is 0.796. The Morgan fingerprint density at radius 3 is 0.984 bits per heavy atom. The molecule has 1 heterocycles. The van der Waals surface area contributed by atoms with Gasteiger partial charge in [0.1, 0.15) is 52.7 Å². The first-order valence-electron chi connectivity index (χ1n) is 18.4. The highest BCUT2D eigenvalue weighted by Gasteiger charge is 2.52. The average molecular weight is 937 g/mol. The van der Waals surface area contributed by atoms with E-state index in [0.29, 0.717) is 0 Å². The lowest BCUT2D eigenvalue weighted by Crippen LogP contribution is -2.81. The number of unbranched alkanes of at least 4 members (excludes halogenated alkanes) is 5. The minimum atomic E-state index is -7.22. The SMILES string of the molecule is CCCCCCCCO[n+]1cccc2ccccc21.Fc1c(F)c(F)c([B-](c2c(F)c(F)c(F)c(F)c2F)(c2c(F)c(F)c(F)c(F)c2F)c2c(F)c(F)c(F)c(F)c2F)c(F)c1F. The van der Waals surface area contributed by atoms with E-state index in [2.05, 4.69) is 31.2 Å². The van der Waals surface area contributed by atoms with Crippen molar-refractivity contribution in [1.82, 2.24) is 0 Å². The Labute approximate surface area is 347 Å². The van der Waals surface area contributed by atoms with Crippen LogP contribution in [0.3, 0.4) is 0 Å². The van der Waals surface area contributed by atoms with Gasteiger partial charge in [-0.25, -0.2) is 87.8 Å². The Balaban J connectivity index is 0.000000337. The van der Waals surface area contributed by atoms with Crippen LogP contribution in [0, 0.1) is 116 Å². The number of rotatable bonds is 12. The highest BCUT2D eigenvalue weighted by Crippen LogP contribution is 2.31. The fourth-order valence-electron chi connectivity index (χ4n) is 7.17. The standard InChI is InChI=1S/C24BF20.C17H24NO/c26-5-1(6(27)14(35)21(42)13(5)34)25(2-7(28)15(36)22(43)16(37)8(2)29,3-9(30)17(38)23(44)18(39)10(3)31)4-11(32)19(40)24(45)20(41)12(4)33;1-2-3-4-5-6-9-15-19-18-14-10-12-16-11-7-8-13-17(16)18/h;7-8,10-14H,2-6,9,15H2,1H3/q-1;+1. The molecule has 0 amide bonds. The van der Waals surface area contributed by atoms with Crippen molar-refractivity contribution in [2.75, 3.05) is 6.61 Å². The van der Waals surface area contributed by atoms with Crippen LogP contribution >= 0.6 is 0 Å². The van der Waals surface area contributed by atoms with E-state index in [9.17, 15) is 52.7 Å². The van der Waals surface area contributed by atoms with Gasteiger partial charge >= 0.3 is 0 Å². The molecule has 0 aliphatic heterocycles. The van der Waals surface area contributed by atoms with Gasteiger partial charge in [-0.05, 0) is 25.0 Å². The number of pyridine rings is 1. The molecule has 0 aliphatic carbocycles. The molecule has 0 atom stereocenters. The first kappa shape index (κ1) is 49.0. The van der Waals surface area contributed by atoms with Crippen molar-refractivity contribution in [1.29, 1.82) is 0 Å². The fourth-order valence-corrected chi connectivity index (χ4v) is 7.17. The van der Waals surface area contributed by atoms with E-state index in [-0.39, 0.29) is 0 Å². The van der Waals surface area contributed by atoms with Gasteiger partial charge in [-0.1, -0.05) is 44.7 Å². The van der Waals surface area contributed by atoms with Crippen molar-refractivity contribution in [3.63, 3.8) is 0 Å². The van der Waals surface area contributed by atoms with Crippen molar-refractivity contribution in [2.45, 2.75) is 45.4 Å². The molecular weight excluding hydrogens is 913 g/mol. The van der Waals surface area contributed by atoms with Gasteiger partial charge in [0, 0.05) is 16.9 Å². The summed E-state index contributed by atoms with van der Waals surface area (Å²) in [5.41, 5.74) is -13.2. The second-order valence-electron chi connectivity index (χ2n) is 13.8. The second kappa shape index (κ2) is 19.4. The monoisotopic (exact) mass is 937 g/mol. The van der Waals surface area contributed by atoms with Gasteiger partial charge in [0.25, 0.3) is 5.52 Å². The van der Waals surface area contributed by atoms with Gasteiger partial charge in [0.15, 0.2) is 76.4 Å². The van der Waals surface area contributed by atoms with Gasteiger partial charge in [0.05, 0.1) is 5.39 Å². The van der Waals surface area contributed by atoms with E-state index in [1.807, 2.05) is 23.1 Å². The zero-order valence-electron chi connectivity index (χ0n) is 32.0. The summed E-state index contributed by atoms with van der Waals surface area (Å²) in [5, 5.41) is 1.22. The van der Waals surface area contributed by atoms with Crippen LogP contribution in [0.4, 0.5) is 87.8 Å². The predicted molar refractivity (Wildman–Crippen MR) is 188 cm³/mol. The number of hydrogen-bond acceptors (Lipinski definition) is 1. The molecule has 1 aromatic heterocycles. The predicted octanol–water partition coefficient (Wildman–Crippen LogP) is 9.76. The number of nitrogens with zero attached hydrogens (tertiary/aromatic N) is 1. The molecular formula is C41H24BF20NO. The molecule has 0 unspecified atom stereocenters. The maximum Gasteiger partial charge on any atom is 0.264 e. The summed E-state index contributed by atoms with van der Waals surface area (Å²) in [4.78, 5) is 5.84. The first-order valence-corrected chi connectivity index (χ1v) is 18.4. The third-order valence-corrected chi connectivity index (χ3v) is 10.1.